The minimum absolute atomic E-state index is 0.0919. The molecule has 1 aliphatic carbocycles. The first kappa shape index (κ1) is 14.1. The van der Waals surface area contributed by atoms with Crippen LogP contribution in [0.1, 0.15) is 18.4 Å². The molecule has 1 saturated carbocycles. The predicted molar refractivity (Wildman–Crippen MR) is 77.4 cm³/mol. The molecule has 1 amide bonds. The van der Waals surface area contributed by atoms with Crippen LogP contribution >= 0.6 is 11.8 Å². The third-order valence-corrected chi connectivity index (χ3v) is 4.47. The summed E-state index contributed by atoms with van der Waals surface area (Å²) in [5.74, 6) is 0.292. The van der Waals surface area contributed by atoms with Crippen molar-refractivity contribution in [2.24, 2.45) is 0 Å². The number of thioether (sulfide) groups is 1. The van der Waals surface area contributed by atoms with E-state index < -0.39 is 5.41 Å². The van der Waals surface area contributed by atoms with E-state index in [0.717, 1.165) is 5.16 Å². The van der Waals surface area contributed by atoms with Gasteiger partial charge in [0.05, 0.1) is 5.41 Å². The average Bonchev–Trinajstić information content (AvgIpc) is 3.13. The molecule has 0 atom stereocenters. The van der Waals surface area contributed by atoms with E-state index in [0.29, 0.717) is 30.7 Å². The topological polar surface area (TPSA) is 70.7 Å². The summed E-state index contributed by atoms with van der Waals surface area (Å²) in [5.41, 5.74) is -0.159. The maximum Gasteiger partial charge on any atom is 0.230 e. The number of aromatic amines is 1. The average molecular weight is 306 g/mol. The molecule has 0 aliphatic heterocycles. The monoisotopic (exact) mass is 306 g/mol. The van der Waals surface area contributed by atoms with Gasteiger partial charge in [-0.25, -0.2) is 9.37 Å². The number of nitrogens with zero attached hydrogens (tertiary/aromatic N) is 2. The molecule has 1 aromatic carbocycles. The van der Waals surface area contributed by atoms with Crippen molar-refractivity contribution in [3.8, 4) is 0 Å². The molecule has 0 spiro atoms. The maximum absolute atomic E-state index is 13.9. The molecule has 1 aliphatic rings. The standard InChI is InChI=1S/C14H15FN4OS/c15-11-4-2-1-3-10(11)14(5-6-14)12(20)16-7-8-21-13-17-9-18-19-13/h1-4,9H,5-8H2,(H,16,20)(H,17,18,19). The van der Waals surface area contributed by atoms with Crippen LogP contribution in [0.4, 0.5) is 4.39 Å². The molecule has 21 heavy (non-hydrogen) atoms. The minimum Gasteiger partial charge on any atom is -0.354 e. The summed E-state index contributed by atoms with van der Waals surface area (Å²) in [7, 11) is 0. The zero-order valence-electron chi connectivity index (χ0n) is 11.3. The lowest BCUT2D eigenvalue weighted by atomic mass is 9.94. The van der Waals surface area contributed by atoms with Crippen molar-refractivity contribution in [3.63, 3.8) is 0 Å². The molecular formula is C14H15FN4OS. The van der Waals surface area contributed by atoms with Gasteiger partial charge in [-0.15, -0.1) is 0 Å². The van der Waals surface area contributed by atoms with E-state index in [1.54, 1.807) is 18.2 Å². The van der Waals surface area contributed by atoms with Gasteiger partial charge >= 0.3 is 0 Å². The van der Waals surface area contributed by atoms with E-state index >= 15 is 0 Å². The van der Waals surface area contributed by atoms with Crippen molar-refractivity contribution in [2.75, 3.05) is 12.3 Å². The molecule has 2 aromatic rings. The first-order valence-electron chi connectivity index (χ1n) is 6.74. The molecule has 110 valence electrons. The molecule has 0 saturated heterocycles. The largest absolute Gasteiger partial charge is 0.354 e. The van der Waals surface area contributed by atoms with Gasteiger partial charge in [0, 0.05) is 17.9 Å². The maximum atomic E-state index is 13.9. The zero-order valence-corrected chi connectivity index (χ0v) is 12.1. The van der Waals surface area contributed by atoms with Crippen LogP contribution < -0.4 is 5.32 Å². The van der Waals surface area contributed by atoms with E-state index in [4.69, 9.17) is 0 Å². The van der Waals surface area contributed by atoms with Crippen LogP contribution in [0, 0.1) is 5.82 Å². The summed E-state index contributed by atoms with van der Waals surface area (Å²) in [6.45, 7) is 0.514. The SMILES string of the molecule is O=C(NCCSc1ncn[nH]1)C1(c2ccccc2F)CC1. The molecule has 1 aromatic heterocycles. The van der Waals surface area contributed by atoms with Gasteiger partial charge in [0.2, 0.25) is 5.91 Å². The molecule has 0 radical (unpaired) electrons. The molecule has 3 rings (SSSR count). The van der Waals surface area contributed by atoms with Crippen LogP contribution in [0.25, 0.3) is 0 Å². The van der Waals surface area contributed by atoms with E-state index in [2.05, 4.69) is 20.5 Å². The van der Waals surface area contributed by atoms with Crippen molar-refractivity contribution in [1.82, 2.24) is 20.5 Å². The second-order valence-electron chi connectivity index (χ2n) is 4.96. The van der Waals surface area contributed by atoms with Gasteiger partial charge in [0.25, 0.3) is 0 Å². The van der Waals surface area contributed by atoms with Crippen LogP contribution in [-0.4, -0.2) is 33.4 Å². The van der Waals surface area contributed by atoms with Crippen LogP contribution in [-0.2, 0) is 10.2 Å². The number of H-pyrrole nitrogens is 1. The van der Waals surface area contributed by atoms with E-state index in [9.17, 15) is 9.18 Å². The molecule has 0 unspecified atom stereocenters. The number of rotatable bonds is 6. The first-order chi connectivity index (χ1) is 10.2. The van der Waals surface area contributed by atoms with Crippen LogP contribution in [0.5, 0.6) is 0 Å². The Kier molecular flexibility index (Phi) is 3.92. The number of hydrogen-bond acceptors (Lipinski definition) is 4. The predicted octanol–water partition coefficient (Wildman–Crippen LogP) is 1.88. The zero-order chi connectivity index (χ0) is 14.7. The number of benzene rings is 1. The highest BCUT2D eigenvalue weighted by Crippen LogP contribution is 2.49. The second kappa shape index (κ2) is 5.85. The van der Waals surface area contributed by atoms with Crippen molar-refractivity contribution >= 4 is 17.7 Å². The Balaban J connectivity index is 1.54. The van der Waals surface area contributed by atoms with Gasteiger partial charge in [-0.2, -0.15) is 5.10 Å². The van der Waals surface area contributed by atoms with Gasteiger partial charge in [-0.3, -0.25) is 9.89 Å². The summed E-state index contributed by atoms with van der Waals surface area (Å²) in [4.78, 5) is 16.3. The van der Waals surface area contributed by atoms with E-state index in [1.807, 2.05) is 0 Å². The molecule has 5 nitrogen and oxygen atoms in total. The number of carbonyl (C=O) groups excluding carboxylic acids is 1. The lowest BCUT2D eigenvalue weighted by Gasteiger charge is -2.16. The van der Waals surface area contributed by atoms with Gasteiger partial charge in [-0.05, 0) is 18.9 Å². The minimum atomic E-state index is -0.664. The molecular weight excluding hydrogens is 291 g/mol. The van der Waals surface area contributed by atoms with E-state index in [-0.39, 0.29) is 11.7 Å². The number of aromatic nitrogens is 3. The number of halogens is 1. The van der Waals surface area contributed by atoms with Crippen molar-refractivity contribution < 1.29 is 9.18 Å². The third-order valence-electron chi connectivity index (χ3n) is 3.59. The molecule has 1 fully saturated rings. The van der Waals surface area contributed by atoms with Gasteiger partial charge in [-0.1, -0.05) is 30.0 Å². The highest BCUT2D eigenvalue weighted by molar-refractivity contribution is 7.99. The summed E-state index contributed by atoms with van der Waals surface area (Å²) in [5, 5.41) is 10.1. The number of nitrogens with one attached hydrogen (secondary N) is 2. The Morgan fingerprint density at radius 3 is 2.90 bits per heavy atom. The number of amides is 1. The molecule has 7 heteroatoms. The summed E-state index contributed by atoms with van der Waals surface area (Å²) in [6.07, 6.45) is 2.85. The Morgan fingerprint density at radius 2 is 2.24 bits per heavy atom. The highest BCUT2D eigenvalue weighted by Gasteiger charge is 2.52. The van der Waals surface area contributed by atoms with Crippen LogP contribution in [0.3, 0.4) is 0 Å². The first-order valence-corrected chi connectivity index (χ1v) is 7.72. The van der Waals surface area contributed by atoms with Gasteiger partial charge in [0.1, 0.15) is 12.1 Å². The van der Waals surface area contributed by atoms with Crippen LogP contribution in [0.15, 0.2) is 35.7 Å². The summed E-state index contributed by atoms with van der Waals surface area (Å²) < 4.78 is 13.9. The van der Waals surface area contributed by atoms with Crippen molar-refractivity contribution in [1.29, 1.82) is 0 Å². The number of hydrogen-bond donors (Lipinski definition) is 2. The Labute approximate surface area is 125 Å². The lowest BCUT2D eigenvalue weighted by molar-refractivity contribution is -0.123. The fraction of sp³-hybridized carbons (Fsp3) is 0.357. The van der Waals surface area contributed by atoms with Crippen LogP contribution in [0.2, 0.25) is 0 Å². The highest BCUT2D eigenvalue weighted by atomic mass is 32.2. The van der Waals surface area contributed by atoms with Crippen molar-refractivity contribution in [3.05, 3.63) is 42.0 Å². The Bertz CT molecular complexity index is 628. The smallest absolute Gasteiger partial charge is 0.230 e. The fourth-order valence-electron chi connectivity index (χ4n) is 2.34. The quantitative estimate of drug-likeness (QED) is 0.631. The Hall–Kier alpha value is -1.89. The second-order valence-corrected chi connectivity index (χ2v) is 6.04. The number of carbonyl (C=O) groups is 1. The molecule has 0 bridgehead atoms. The van der Waals surface area contributed by atoms with Gasteiger partial charge in [0.15, 0.2) is 5.16 Å². The van der Waals surface area contributed by atoms with Crippen molar-refractivity contribution in [2.45, 2.75) is 23.4 Å². The fourth-order valence-corrected chi connectivity index (χ4v) is 2.97. The summed E-state index contributed by atoms with van der Waals surface area (Å²) >= 11 is 1.48. The molecule has 2 N–H and O–H groups in total. The normalized spacial score (nSPS) is 15.7. The van der Waals surface area contributed by atoms with E-state index in [1.165, 1.54) is 24.2 Å². The Morgan fingerprint density at radius 1 is 1.43 bits per heavy atom. The third kappa shape index (κ3) is 2.92. The van der Waals surface area contributed by atoms with Gasteiger partial charge < -0.3 is 5.32 Å². The molecule has 1 heterocycles. The summed E-state index contributed by atoms with van der Waals surface area (Å²) in [6, 6.07) is 6.51. The lowest BCUT2D eigenvalue weighted by Crippen LogP contribution is -2.36.